The van der Waals surface area contributed by atoms with Gasteiger partial charge in [-0.05, 0) is 37.4 Å². The predicted octanol–water partition coefficient (Wildman–Crippen LogP) is 3.70. The molecule has 2 atom stereocenters. The lowest BCUT2D eigenvalue weighted by atomic mass is 10.0. The summed E-state index contributed by atoms with van der Waals surface area (Å²) in [5, 5.41) is 3.11. The maximum absolute atomic E-state index is 12.4. The van der Waals surface area contributed by atoms with Gasteiger partial charge >= 0.3 is 0 Å². The van der Waals surface area contributed by atoms with E-state index in [1.807, 2.05) is 43.3 Å². The first-order valence-electron chi connectivity index (χ1n) is 8.37. The van der Waals surface area contributed by atoms with E-state index in [0.717, 1.165) is 24.9 Å². The molecule has 1 saturated heterocycles. The van der Waals surface area contributed by atoms with Crippen LogP contribution in [0.3, 0.4) is 0 Å². The van der Waals surface area contributed by atoms with Gasteiger partial charge in [0.15, 0.2) is 0 Å². The molecule has 1 N–H and O–H groups in total. The first-order chi connectivity index (χ1) is 11.2. The summed E-state index contributed by atoms with van der Waals surface area (Å²) in [5.74, 6) is 0.101. The van der Waals surface area contributed by atoms with Crippen molar-refractivity contribution < 1.29 is 4.79 Å². The summed E-state index contributed by atoms with van der Waals surface area (Å²) in [4.78, 5) is 14.7. The molecule has 1 amide bonds. The molecule has 0 aliphatic carbocycles. The first-order valence-corrected chi connectivity index (χ1v) is 8.37. The number of rotatable bonds is 5. The van der Waals surface area contributed by atoms with Crippen molar-refractivity contribution in [3.63, 3.8) is 0 Å². The van der Waals surface area contributed by atoms with Crippen LogP contribution in [0.2, 0.25) is 0 Å². The van der Waals surface area contributed by atoms with Crippen molar-refractivity contribution in [2.75, 3.05) is 13.1 Å². The maximum Gasteiger partial charge on any atom is 0.234 e. The molecule has 3 heteroatoms. The number of likely N-dealkylation sites (tertiary alicyclic amines) is 1. The van der Waals surface area contributed by atoms with Crippen molar-refractivity contribution >= 4 is 5.91 Å². The fourth-order valence-corrected chi connectivity index (χ4v) is 3.36. The van der Waals surface area contributed by atoms with Crippen LogP contribution in [0.1, 0.15) is 43.0 Å². The number of hydrogen-bond donors (Lipinski definition) is 1. The lowest BCUT2D eigenvalue weighted by molar-refractivity contribution is -0.123. The van der Waals surface area contributed by atoms with Crippen LogP contribution in [0.5, 0.6) is 0 Å². The van der Waals surface area contributed by atoms with Crippen LogP contribution in [0, 0.1) is 0 Å². The Morgan fingerprint density at radius 3 is 2.48 bits per heavy atom. The minimum atomic E-state index is 0.0430. The number of benzene rings is 2. The third kappa shape index (κ3) is 3.99. The molecule has 1 heterocycles. The second-order valence-corrected chi connectivity index (χ2v) is 6.24. The molecule has 1 aliphatic heterocycles. The highest BCUT2D eigenvalue weighted by Gasteiger charge is 2.27. The standard InChI is InChI=1S/C20H24N2O/c1-16(17-9-4-2-5-10-17)21-20(23)15-22-14-8-13-19(22)18-11-6-3-7-12-18/h2-7,9-12,16,19H,8,13-15H2,1H3,(H,21,23)/t16-,19-/m0/s1. The molecule has 2 aromatic carbocycles. The molecule has 120 valence electrons. The molecule has 3 rings (SSSR count). The monoisotopic (exact) mass is 308 g/mol. The highest BCUT2D eigenvalue weighted by Crippen LogP contribution is 2.31. The minimum Gasteiger partial charge on any atom is -0.348 e. The van der Waals surface area contributed by atoms with E-state index in [4.69, 9.17) is 0 Å². The molecule has 0 unspecified atom stereocenters. The van der Waals surface area contributed by atoms with E-state index in [9.17, 15) is 4.79 Å². The quantitative estimate of drug-likeness (QED) is 0.913. The van der Waals surface area contributed by atoms with E-state index in [1.54, 1.807) is 0 Å². The maximum atomic E-state index is 12.4. The Labute approximate surface area is 138 Å². The van der Waals surface area contributed by atoms with E-state index < -0.39 is 0 Å². The normalized spacial score (nSPS) is 19.4. The average Bonchev–Trinajstić information content (AvgIpc) is 3.04. The van der Waals surface area contributed by atoms with Crippen LogP contribution in [0.15, 0.2) is 60.7 Å². The fourth-order valence-electron chi connectivity index (χ4n) is 3.36. The summed E-state index contributed by atoms with van der Waals surface area (Å²) in [6.45, 7) is 3.50. The molecule has 2 aromatic rings. The highest BCUT2D eigenvalue weighted by molar-refractivity contribution is 5.78. The molecule has 3 nitrogen and oxygen atoms in total. The van der Waals surface area contributed by atoms with Gasteiger partial charge < -0.3 is 5.32 Å². The minimum absolute atomic E-state index is 0.0430. The Kier molecular flexibility index (Phi) is 5.09. The smallest absolute Gasteiger partial charge is 0.234 e. The number of carbonyl (C=O) groups excluding carboxylic acids is 1. The van der Waals surface area contributed by atoms with E-state index in [2.05, 4.69) is 34.5 Å². The fraction of sp³-hybridized carbons (Fsp3) is 0.350. The summed E-state index contributed by atoms with van der Waals surface area (Å²) >= 11 is 0. The SMILES string of the molecule is C[C@H](NC(=O)CN1CCC[C@H]1c1ccccc1)c1ccccc1. The summed E-state index contributed by atoms with van der Waals surface area (Å²) in [6, 6.07) is 21.0. The van der Waals surface area contributed by atoms with Crippen molar-refractivity contribution in [3.05, 3.63) is 71.8 Å². The summed E-state index contributed by atoms with van der Waals surface area (Å²) in [6.07, 6.45) is 2.28. The highest BCUT2D eigenvalue weighted by atomic mass is 16.2. The topological polar surface area (TPSA) is 32.3 Å². The summed E-state index contributed by atoms with van der Waals surface area (Å²) < 4.78 is 0. The first kappa shape index (κ1) is 15.8. The van der Waals surface area contributed by atoms with Crippen LogP contribution in [0.25, 0.3) is 0 Å². The van der Waals surface area contributed by atoms with Crippen LogP contribution in [0.4, 0.5) is 0 Å². The van der Waals surface area contributed by atoms with Gasteiger partial charge in [0.05, 0.1) is 12.6 Å². The Hall–Kier alpha value is -2.13. The van der Waals surface area contributed by atoms with Gasteiger partial charge in [-0.1, -0.05) is 60.7 Å². The zero-order valence-electron chi connectivity index (χ0n) is 13.6. The molecule has 1 fully saturated rings. The van der Waals surface area contributed by atoms with Gasteiger partial charge in [0, 0.05) is 6.04 Å². The third-order valence-electron chi connectivity index (χ3n) is 4.57. The van der Waals surface area contributed by atoms with E-state index in [0.29, 0.717) is 12.6 Å². The Morgan fingerprint density at radius 2 is 1.78 bits per heavy atom. The van der Waals surface area contributed by atoms with Gasteiger partial charge in [0.1, 0.15) is 0 Å². The van der Waals surface area contributed by atoms with Crippen LogP contribution >= 0.6 is 0 Å². The van der Waals surface area contributed by atoms with Crippen molar-refractivity contribution in [3.8, 4) is 0 Å². The zero-order chi connectivity index (χ0) is 16.1. The lowest BCUT2D eigenvalue weighted by Gasteiger charge is -2.25. The van der Waals surface area contributed by atoms with Crippen molar-refractivity contribution in [2.45, 2.75) is 31.8 Å². The van der Waals surface area contributed by atoms with Crippen LogP contribution < -0.4 is 5.32 Å². The van der Waals surface area contributed by atoms with Gasteiger partial charge in [0.2, 0.25) is 5.91 Å². The molecule has 23 heavy (non-hydrogen) atoms. The predicted molar refractivity (Wildman–Crippen MR) is 93.0 cm³/mol. The second kappa shape index (κ2) is 7.42. The molecule has 1 aliphatic rings. The van der Waals surface area contributed by atoms with Crippen molar-refractivity contribution in [1.82, 2.24) is 10.2 Å². The van der Waals surface area contributed by atoms with Gasteiger partial charge in [0.25, 0.3) is 0 Å². The molecular weight excluding hydrogens is 284 g/mol. The van der Waals surface area contributed by atoms with Gasteiger partial charge in [-0.25, -0.2) is 0 Å². The van der Waals surface area contributed by atoms with Gasteiger partial charge in [-0.3, -0.25) is 9.69 Å². The van der Waals surface area contributed by atoms with E-state index in [1.165, 1.54) is 5.56 Å². The molecule has 0 saturated carbocycles. The van der Waals surface area contributed by atoms with Crippen LogP contribution in [-0.2, 0) is 4.79 Å². The lowest BCUT2D eigenvalue weighted by Crippen LogP contribution is -2.38. The average molecular weight is 308 g/mol. The zero-order valence-corrected chi connectivity index (χ0v) is 13.6. The van der Waals surface area contributed by atoms with E-state index in [-0.39, 0.29) is 11.9 Å². The number of amides is 1. The summed E-state index contributed by atoms with van der Waals surface area (Å²) in [5.41, 5.74) is 2.45. The number of nitrogens with one attached hydrogen (secondary N) is 1. The molecule has 0 bridgehead atoms. The number of hydrogen-bond acceptors (Lipinski definition) is 2. The van der Waals surface area contributed by atoms with Gasteiger partial charge in [-0.2, -0.15) is 0 Å². The van der Waals surface area contributed by atoms with Gasteiger partial charge in [-0.15, -0.1) is 0 Å². The third-order valence-corrected chi connectivity index (χ3v) is 4.57. The Morgan fingerprint density at radius 1 is 1.13 bits per heavy atom. The van der Waals surface area contributed by atoms with E-state index >= 15 is 0 Å². The molecule has 0 aromatic heterocycles. The second-order valence-electron chi connectivity index (χ2n) is 6.24. The summed E-state index contributed by atoms with van der Waals surface area (Å²) in [7, 11) is 0. The molecular formula is C20H24N2O. The molecule has 0 spiro atoms. The number of carbonyl (C=O) groups is 1. The van der Waals surface area contributed by atoms with Crippen molar-refractivity contribution in [2.24, 2.45) is 0 Å². The molecule has 0 radical (unpaired) electrons. The van der Waals surface area contributed by atoms with Crippen molar-refractivity contribution in [1.29, 1.82) is 0 Å². The van der Waals surface area contributed by atoms with Crippen LogP contribution in [-0.4, -0.2) is 23.9 Å². The largest absolute Gasteiger partial charge is 0.348 e. The Balaban J connectivity index is 1.59. The number of nitrogens with zero attached hydrogens (tertiary/aromatic N) is 1. The Bertz CT molecular complexity index is 627.